The van der Waals surface area contributed by atoms with Crippen molar-refractivity contribution in [3.8, 4) is 0 Å². The molecule has 0 atom stereocenters. The number of rotatable bonds is 4. The van der Waals surface area contributed by atoms with Crippen LogP contribution in [0.15, 0.2) is 43.3 Å². The van der Waals surface area contributed by atoms with E-state index in [0.717, 1.165) is 15.3 Å². The number of halogens is 1. The fraction of sp³-hybridized carbons (Fsp3) is 0.167. The molecule has 0 saturated heterocycles. The summed E-state index contributed by atoms with van der Waals surface area (Å²) in [7, 11) is -3.98. The highest BCUT2D eigenvalue weighted by Crippen LogP contribution is 2.28. The van der Waals surface area contributed by atoms with Crippen molar-refractivity contribution in [2.24, 2.45) is 5.73 Å². The summed E-state index contributed by atoms with van der Waals surface area (Å²) < 4.78 is 28.4. The van der Waals surface area contributed by atoms with Crippen LogP contribution in [0.4, 0.5) is 0 Å². The van der Waals surface area contributed by atoms with Gasteiger partial charge in [0.15, 0.2) is 5.65 Å². The maximum atomic E-state index is 12.8. The zero-order valence-corrected chi connectivity index (χ0v) is 14.4. The van der Waals surface area contributed by atoms with Gasteiger partial charge in [-0.15, -0.1) is 11.3 Å². The van der Waals surface area contributed by atoms with E-state index in [1.165, 1.54) is 16.8 Å². The minimum absolute atomic E-state index is 0.0807. The molecule has 3 aromatic rings. The molecule has 0 saturated carbocycles. The van der Waals surface area contributed by atoms with E-state index in [4.69, 9.17) is 5.73 Å². The predicted molar refractivity (Wildman–Crippen MR) is 87.7 cm³/mol. The van der Waals surface area contributed by atoms with Gasteiger partial charge in [-0.3, -0.25) is 4.57 Å². The van der Waals surface area contributed by atoms with Crippen molar-refractivity contribution in [1.82, 2.24) is 13.5 Å². The summed E-state index contributed by atoms with van der Waals surface area (Å²) in [5, 5.41) is 0. The van der Waals surface area contributed by atoms with Crippen LogP contribution in [0.5, 0.6) is 0 Å². The smallest absolute Gasteiger partial charge is 0.329 e. The Morgan fingerprint density at radius 1 is 1.32 bits per heavy atom. The molecule has 10 heteroatoms. The van der Waals surface area contributed by atoms with Gasteiger partial charge >= 0.3 is 5.69 Å². The Kier molecular flexibility index (Phi) is 3.93. The first-order valence-corrected chi connectivity index (χ1v) is 9.29. The van der Waals surface area contributed by atoms with E-state index >= 15 is 0 Å². The Balaban J connectivity index is 2.36. The molecule has 0 unspecified atom stereocenters. The fourth-order valence-corrected chi connectivity index (χ4v) is 5.63. The summed E-state index contributed by atoms with van der Waals surface area (Å²) in [6, 6.07) is 6.22. The van der Waals surface area contributed by atoms with Gasteiger partial charge in [-0.05, 0) is 40.2 Å². The lowest BCUT2D eigenvalue weighted by Crippen LogP contribution is -2.30. The highest BCUT2D eigenvalue weighted by Gasteiger charge is 2.26. The van der Waals surface area contributed by atoms with Crippen LogP contribution in [-0.2, 0) is 16.6 Å². The topological polar surface area (TPSA) is 100.0 Å². The van der Waals surface area contributed by atoms with Gasteiger partial charge < -0.3 is 5.73 Å². The summed E-state index contributed by atoms with van der Waals surface area (Å²) in [5.41, 5.74) is 5.38. The number of pyridine rings is 1. The summed E-state index contributed by atoms with van der Waals surface area (Å²) in [5.74, 6) is 0. The Hall–Kier alpha value is -1.49. The lowest BCUT2D eigenvalue weighted by molar-refractivity contribution is 0.585. The second-order valence-corrected chi connectivity index (χ2v) is 8.87. The molecule has 2 N–H and O–H groups in total. The SMILES string of the molecule is NCCn1c(=O)n(S(=O)(=O)c2ccc(Br)s2)c2cccnc21. The van der Waals surface area contributed by atoms with E-state index in [9.17, 15) is 13.2 Å². The molecule has 7 nitrogen and oxygen atoms in total. The molecule has 22 heavy (non-hydrogen) atoms. The summed E-state index contributed by atoms with van der Waals surface area (Å²) in [6.07, 6.45) is 1.51. The molecule has 3 heterocycles. The molecule has 0 aliphatic carbocycles. The van der Waals surface area contributed by atoms with Crippen molar-refractivity contribution >= 4 is 48.5 Å². The highest BCUT2D eigenvalue weighted by atomic mass is 79.9. The largest absolute Gasteiger partial charge is 0.344 e. The third-order valence-corrected chi connectivity index (χ3v) is 6.82. The number of thiophene rings is 1. The van der Waals surface area contributed by atoms with Gasteiger partial charge in [0.05, 0.1) is 3.79 Å². The third-order valence-electron chi connectivity index (χ3n) is 3.04. The van der Waals surface area contributed by atoms with Gasteiger partial charge in [0.25, 0.3) is 10.0 Å². The molecule has 3 aromatic heterocycles. The van der Waals surface area contributed by atoms with E-state index in [1.807, 2.05) is 0 Å². The Bertz CT molecular complexity index is 1000. The number of nitrogens with zero attached hydrogens (tertiary/aromatic N) is 3. The lowest BCUT2D eigenvalue weighted by atomic mass is 10.4. The van der Waals surface area contributed by atoms with Gasteiger partial charge in [0, 0.05) is 19.3 Å². The molecule has 0 radical (unpaired) electrons. The van der Waals surface area contributed by atoms with Gasteiger partial charge in [0.2, 0.25) is 0 Å². The third kappa shape index (κ3) is 2.32. The second kappa shape index (κ2) is 5.61. The molecular weight excluding hydrogens is 392 g/mol. The Morgan fingerprint density at radius 3 is 2.73 bits per heavy atom. The highest BCUT2D eigenvalue weighted by molar-refractivity contribution is 9.11. The molecule has 0 aromatic carbocycles. The normalized spacial score (nSPS) is 12.1. The average molecular weight is 403 g/mol. The van der Waals surface area contributed by atoms with E-state index in [0.29, 0.717) is 9.43 Å². The zero-order valence-electron chi connectivity index (χ0n) is 11.1. The summed E-state index contributed by atoms with van der Waals surface area (Å²) in [4.78, 5) is 16.7. The van der Waals surface area contributed by atoms with Crippen molar-refractivity contribution in [1.29, 1.82) is 0 Å². The molecule has 3 rings (SSSR count). The number of hydrogen-bond acceptors (Lipinski definition) is 6. The van der Waals surface area contributed by atoms with Gasteiger partial charge in [-0.2, -0.15) is 12.4 Å². The van der Waals surface area contributed by atoms with Crippen LogP contribution in [0, 0.1) is 0 Å². The van der Waals surface area contributed by atoms with E-state index in [-0.39, 0.29) is 22.8 Å². The number of imidazole rings is 1. The molecule has 116 valence electrons. The Morgan fingerprint density at radius 2 is 2.09 bits per heavy atom. The van der Waals surface area contributed by atoms with Crippen LogP contribution in [0.1, 0.15) is 0 Å². The van der Waals surface area contributed by atoms with Crippen molar-refractivity contribution in [2.45, 2.75) is 10.8 Å². The van der Waals surface area contributed by atoms with E-state index in [2.05, 4.69) is 20.9 Å². The number of nitrogens with two attached hydrogens (primary N) is 1. The molecular formula is C12H11BrN4O3S2. The quantitative estimate of drug-likeness (QED) is 0.706. The predicted octanol–water partition coefficient (Wildman–Crippen LogP) is 1.22. The first kappa shape index (κ1) is 15.4. The van der Waals surface area contributed by atoms with Gasteiger partial charge in [0.1, 0.15) is 9.73 Å². The second-order valence-electron chi connectivity index (χ2n) is 4.40. The van der Waals surface area contributed by atoms with Crippen LogP contribution in [0.3, 0.4) is 0 Å². The van der Waals surface area contributed by atoms with Crippen LogP contribution < -0.4 is 11.4 Å². The molecule has 0 amide bonds. The molecule has 0 aliphatic heterocycles. The van der Waals surface area contributed by atoms with Gasteiger partial charge in [-0.1, -0.05) is 0 Å². The van der Waals surface area contributed by atoms with Crippen LogP contribution in [0.2, 0.25) is 0 Å². The first-order chi connectivity index (χ1) is 10.5. The minimum Gasteiger partial charge on any atom is -0.329 e. The summed E-state index contributed by atoms with van der Waals surface area (Å²) >= 11 is 4.27. The molecule has 0 spiro atoms. The standard InChI is InChI=1S/C12H11BrN4O3S2/c13-9-3-4-10(21-9)22(19,20)17-8-2-1-6-15-11(8)16(7-5-14)12(17)18/h1-4,6H,5,7,14H2. The monoisotopic (exact) mass is 402 g/mol. The average Bonchev–Trinajstić information content (AvgIpc) is 3.03. The van der Waals surface area contributed by atoms with Gasteiger partial charge in [-0.25, -0.2) is 9.78 Å². The maximum Gasteiger partial charge on any atom is 0.344 e. The fourth-order valence-electron chi connectivity index (χ4n) is 2.15. The van der Waals surface area contributed by atoms with Crippen molar-refractivity contribution < 1.29 is 8.42 Å². The molecule has 0 fully saturated rings. The van der Waals surface area contributed by atoms with Crippen molar-refractivity contribution in [3.63, 3.8) is 0 Å². The minimum atomic E-state index is -3.98. The van der Waals surface area contributed by atoms with E-state index < -0.39 is 15.7 Å². The molecule has 0 aliphatic rings. The van der Waals surface area contributed by atoms with Crippen molar-refractivity contribution in [3.05, 3.63) is 44.7 Å². The van der Waals surface area contributed by atoms with Crippen molar-refractivity contribution in [2.75, 3.05) is 6.54 Å². The summed E-state index contributed by atoms with van der Waals surface area (Å²) in [6.45, 7) is 0.406. The van der Waals surface area contributed by atoms with E-state index in [1.54, 1.807) is 18.2 Å². The maximum absolute atomic E-state index is 12.8. The van der Waals surface area contributed by atoms with Crippen LogP contribution in [-0.4, -0.2) is 28.5 Å². The number of fused-ring (bicyclic) bond motifs is 1. The number of hydrogen-bond donors (Lipinski definition) is 1. The Labute approximate surface area is 138 Å². The molecule has 0 bridgehead atoms. The first-order valence-electron chi connectivity index (χ1n) is 6.24. The lowest BCUT2D eigenvalue weighted by Gasteiger charge is -2.02. The number of aromatic nitrogens is 3. The van der Waals surface area contributed by atoms with Crippen LogP contribution in [0.25, 0.3) is 11.2 Å². The van der Waals surface area contributed by atoms with Crippen LogP contribution >= 0.6 is 27.3 Å². The zero-order chi connectivity index (χ0) is 15.9.